The van der Waals surface area contributed by atoms with Crippen LogP contribution in [0.2, 0.25) is 0 Å². The van der Waals surface area contributed by atoms with E-state index in [4.69, 9.17) is 9.47 Å². The number of likely N-dealkylation sites (tertiary alicyclic amines) is 1. The van der Waals surface area contributed by atoms with Gasteiger partial charge in [-0.1, -0.05) is 27.7 Å². The van der Waals surface area contributed by atoms with Crippen LogP contribution < -0.4 is 10.6 Å². The molecule has 0 unspecified atom stereocenters. The predicted molar refractivity (Wildman–Crippen MR) is 116 cm³/mol. The molecule has 0 radical (unpaired) electrons. The van der Waals surface area contributed by atoms with E-state index >= 15 is 0 Å². The Bertz CT molecular complexity index is 656. The van der Waals surface area contributed by atoms with Gasteiger partial charge in [0.15, 0.2) is 0 Å². The first-order valence-corrected chi connectivity index (χ1v) is 10.9. The Hall–Kier alpha value is -2.32. The molecule has 178 valence electrons. The fraction of sp³-hybridized carbons (Fsp3) is 0.818. The first-order chi connectivity index (χ1) is 14.3. The largest absolute Gasteiger partial charge is 0.467 e. The minimum absolute atomic E-state index is 0.122. The average Bonchev–Trinajstić information content (AvgIpc) is 3.12. The maximum atomic E-state index is 13.0. The monoisotopic (exact) mass is 441 g/mol. The third kappa shape index (κ3) is 8.38. The van der Waals surface area contributed by atoms with Gasteiger partial charge in [0.05, 0.1) is 7.11 Å². The van der Waals surface area contributed by atoms with E-state index in [0.717, 1.165) is 0 Å². The molecule has 9 nitrogen and oxygen atoms in total. The number of carbonyl (C=O) groups is 4. The second kappa shape index (κ2) is 11.3. The summed E-state index contributed by atoms with van der Waals surface area (Å²) in [4.78, 5) is 51.9. The van der Waals surface area contributed by atoms with E-state index in [9.17, 15) is 19.2 Å². The molecule has 0 aromatic carbocycles. The predicted octanol–water partition coefficient (Wildman–Crippen LogP) is 2.23. The van der Waals surface area contributed by atoms with Crippen molar-refractivity contribution < 1.29 is 28.7 Å². The van der Waals surface area contributed by atoms with E-state index in [1.54, 1.807) is 34.6 Å². The number of hydrogen-bond acceptors (Lipinski definition) is 6. The minimum Gasteiger partial charge on any atom is -0.467 e. The van der Waals surface area contributed by atoms with Gasteiger partial charge in [-0.2, -0.15) is 0 Å². The smallest absolute Gasteiger partial charge is 0.410 e. The molecule has 0 aromatic rings. The van der Waals surface area contributed by atoms with Crippen LogP contribution in [-0.2, 0) is 23.9 Å². The molecular formula is C22H39N3O6. The van der Waals surface area contributed by atoms with Crippen molar-refractivity contribution >= 4 is 23.9 Å². The van der Waals surface area contributed by atoms with Gasteiger partial charge in [-0.25, -0.2) is 9.59 Å². The molecule has 0 saturated carbocycles. The van der Waals surface area contributed by atoms with Crippen LogP contribution in [0.3, 0.4) is 0 Å². The standard InChI is InChI=1S/C22H39N3O6/c1-13(2)12-15(18(26)24-17(14(3)4)20(28)30-8)23-19(27)16-10-9-11-25(16)21(29)31-22(5,6)7/h13-17H,9-12H2,1-8H3,(H,23,27)(H,24,26)/t15-,16-,17+/m0/s1. The molecular weight excluding hydrogens is 402 g/mol. The van der Waals surface area contributed by atoms with Crippen LogP contribution in [0.25, 0.3) is 0 Å². The van der Waals surface area contributed by atoms with Crippen molar-refractivity contribution in [2.45, 2.75) is 91.5 Å². The van der Waals surface area contributed by atoms with E-state index in [0.29, 0.717) is 25.8 Å². The quantitative estimate of drug-likeness (QED) is 0.559. The van der Waals surface area contributed by atoms with E-state index in [-0.39, 0.29) is 11.8 Å². The molecule has 1 aliphatic heterocycles. The zero-order chi connectivity index (χ0) is 23.9. The van der Waals surface area contributed by atoms with Crippen molar-refractivity contribution in [1.29, 1.82) is 0 Å². The Morgan fingerprint density at radius 1 is 1.06 bits per heavy atom. The number of esters is 1. The van der Waals surface area contributed by atoms with Gasteiger partial charge in [0, 0.05) is 6.54 Å². The summed E-state index contributed by atoms with van der Waals surface area (Å²) in [6.07, 6.45) is 1.03. The Morgan fingerprint density at radius 2 is 1.68 bits per heavy atom. The fourth-order valence-corrected chi connectivity index (χ4v) is 3.43. The van der Waals surface area contributed by atoms with Crippen molar-refractivity contribution in [3.8, 4) is 0 Å². The van der Waals surface area contributed by atoms with Crippen LogP contribution in [0.5, 0.6) is 0 Å². The summed E-state index contributed by atoms with van der Waals surface area (Å²) in [5.41, 5.74) is -0.666. The van der Waals surface area contributed by atoms with Gasteiger partial charge in [0.2, 0.25) is 11.8 Å². The van der Waals surface area contributed by atoms with Gasteiger partial charge < -0.3 is 20.1 Å². The molecule has 3 atom stereocenters. The highest BCUT2D eigenvalue weighted by Gasteiger charge is 2.38. The molecule has 9 heteroatoms. The Morgan fingerprint density at radius 3 is 2.16 bits per heavy atom. The topological polar surface area (TPSA) is 114 Å². The molecule has 1 heterocycles. The van der Waals surface area contributed by atoms with Gasteiger partial charge in [0.1, 0.15) is 23.7 Å². The van der Waals surface area contributed by atoms with E-state index in [1.165, 1.54) is 12.0 Å². The van der Waals surface area contributed by atoms with Crippen LogP contribution in [-0.4, -0.2) is 66.2 Å². The van der Waals surface area contributed by atoms with Crippen LogP contribution in [0.1, 0.15) is 67.7 Å². The summed E-state index contributed by atoms with van der Waals surface area (Å²) < 4.78 is 10.2. The van der Waals surface area contributed by atoms with Gasteiger partial charge >= 0.3 is 12.1 Å². The Balaban J connectivity index is 2.92. The van der Waals surface area contributed by atoms with Crippen molar-refractivity contribution in [3.05, 3.63) is 0 Å². The van der Waals surface area contributed by atoms with Crippen LogP contribution in [0, 0.1) is 11.8 Å². The molecule has 31 heavy (non-hydrogen) atoms. The van der Waals surface area contributed by atoms with E-state index in [1.807, 2.05) is 13.8 Å². The lowest BCUT2D eigenvalue weighted by atomic mass is 10.00. The van der Waals surface area contributed by atoms with Crippen LogP contribution in [0.4, 0.5) is 4.79 Å². The summed E-state index contributed by atoms with van der Waals surface area (Å²) in [5.74, 6) is -1.44. The maximum Gasteiger partial charge on any atom is 0.410 e. The number of nitrogens with zero attached hydrogens (tertiary/aromatic N) is 1. The summed E-state index contributed by atoms with van der Waals surface area (Å²) in [5, 5.41) is 5.49. The molecule has 1 fully saturated rings. The zero-order valence-corrected chi connectivity index (χ0v) is 20.1. The molecule has 1 rings (SSSR count). The SMILES string of the molecule is COC(=O)[C@H](NC(=O)[C@H](CC(C)C)NC(=O)[C@@H]1CCCN1C(=O)OC(C)(C)C)C(C)C. The molecule has 0 aromatic heterocycles. The van der Waals surface area contributed by atoms with Gasteiger partial charge in [-0.15, -0.1) is 0 Å². The van der Waals surface area contributed by atoms with Crippen LogP contribution in [0.15, 0.2) is 0 Å². The molecule has 3 amide bonds. The van der Waals surface area contributed by atoms with Crippen molar-refractivity contribution in [2.75, 3.05) is 13.7 Å². The lowest BCUT2D eigenvalue weighted by Gasteiger charge is -2.30. The van der Waals surface area contributed by atoms with Crippen molar-refractivity contribution in [3.63, 3.8) is 0 Å². The molecule has 1 aliphatic rings. The summed E-state index contributed by atoms with van der Waals surface area (Å²) in [6, 6.07) is -2.34. The molecule has 2 N–H and O–H groups in total. The number of ether oxygens (including phenoxy) is 2. The number of hydrogen-bond donors (Lipinski definition) is 2. The maximum absolute atomic E-state index is 13.0. The lowest BCUT2D eigenvalue weighted by Crippen LogP contribution is -2.56. The number of amides is 3. The lowest BCUT2D eigenvalue weighted by molar-refractivity contribution is -0.146. The van der Waals surface area contributed by atoms with Gasteiger partial charge in [0.25, 0.3) is 0 Å². The average molecular weight is 442 g/mol. The summed E-state index contributed by atoms with van der Waals surface area (Å²) in [6.45, 7) is 13.2. The van der Waals surface area contributed by atoms with Crippen molar-refractivity contribution in [2.24, 2.45) is 11.8 Å². The van der Waals surface area contributed by atoms with Crippen LogP contribution >= 0.6 is 0 Å². The molecule has 0 spiro atoms. The molecule has 1 saturated heterocycles. The molecule has 0 bridgehead atoms. The second-order valence-corrected chi connectivity index (χ2v) is 9.78. The number of rotatable bonds is 8. The minimum atomic E-state index is -0.834. The fourth-order valence-electron chi connectivity index (χ4n) is 3.43. The normalized spacial score (nSPS) is 18.5. The Kier molecular flexibility index (Phi) is 9.77. The molecule has 0 aliphatic carbocycles. The number of methoxy groups -OCH3 is 1. The first kappa shape index (κ1) is 26.7. The van der Waals surface area contributed by atoms with Gasteiger partial charge in [-0.3, -0.25) is 14.5 Å². The Labute approximate surface area is 185 Å². The first-order valence-electron chi connectivity index (χ1n) is 10.9. The zero-order valence-electron chi connectivity index (χ0n) is 20.1. The summed E-state index contributed by atoms with van der Waals surface area (Å²) in [7, 11) is 1.27. The van der Waals surface area contributed by atoms with Gasteiger partial charge in [-0.05, 0) is 51.9 Å². The highest BCUT2D eigenvalue weighted by Crippen LogP contribution is 2.21. The van der Waals surface area contributed by atoms with E-state index < -0.39 is 47.6 Å². The third-order valence-corrected chi connectivity index (χ3v) is 4.94. The van der Waals surface area contributed by atoms with Crippen molar-refractivity contribution in [1.82, 2.24) is 15.5 Å². The van der Waals surface area contributed by atoms with E-state index in [2.05, 4.69) is 10.6 Å². The number of carbonyl (C=O) groups excluding carboxylic acids is 4. The second-order valence-electron chi connectivity index (χ2n) is 9.78. The highest BCUT2D eigenvalue weighted by molar-refractivity contribution is 5.93. The highest BCUT2D eigenvalue weighted by atomic mass is 16.6. The third-order valence-electron chi connectivity index (χ3n) is 4.94. The number of nitrogens with one attached hydrogen (secondary N) is 2. The summed E-state index contributed by atoms with van der Waals surface area (Å²) >= 11 is 0.